The maximum Gasteiger partial charge on any atom is 0.335 e. The fourth-order valence-corrected chi connectivity index (χ4v) is 6.96. The Morgan fingerprint density at radius 1 is 0.868 bits per heavy atom. The summed E-state index contributed by atoms with van der Waals surface area (Å²) in [6.07, 6.45) is 6.08. The first-order valence-corrected chi connectivity index (χ1v) is 13.4. The van der Waals surface area contributed by atoms with Gasteiger partial charge in [0.25, 0.3) is 0 Å². The predicted octanol–water partition coefficient (Wildman–Crippen LogP) is 7.19. The molecule has 0 amide bonds. The van der Waals surface area contributed by atoms with E-state index in [1.54, 1.807) is 6.07 Å². The molecule has 4 aromatic carbocycles. The molecule has 0 radical (unpaired) electrons. The molecule has 190 valence electrons. The SMILES string of the molecule is O=C(O)c1ccc2c(c1)CC[C@@H]1C[C@@](O)(c3ccccc3)C(=Cc3ccccc3)C[C@@]21Cc1ccccc1. The quantitative estimate of drug-likeness (QED) is 0.305. The van der Waals surface area contributed by atoms with Gasteiger partial charge in [-0.25, -0.2) is 4.79 Å². The lowest BCUT2D eigenvalue weighted by Crippen LogP contribution is -2.51. The zero-order chi connectivity index (χ0) is 26.2. The summed E-state index contributed by atoms with van der Waals surface area (Å²) >= 11 is 0. The Balaban J connectivity index is 1.55. The second-order valence-corrected chi connectivity index (χ2v) is 10.9. The highest BCUT2D eigenvalue weighted by Crippen LogP contribution is 2.58. The minimum Gasteiger partial charge on any atom is -0.478 e. The summed E-state index contributed by atoms with van der Waals surface area (Å²) in [4.78, 5) is 11.8. The molecular weight excluding hydrogens is 468 g/mol. The van der Waals surface area contributed by atoms with Gasteiger partial charge in [-0.05, 0) is 83.5 Å². The van der Waals surface area contributed by atoms with Crippen LogP contribution in [0, 0.1) is 5.92 Å². The fraction of sp³-hybridized carbons (Fsp3) is 0.229. The molecule has 3 nitrogen and oxygen atoms in total. The molecule has 3 heteroatoms. The van der Waals surface area contributed by atoms with Crippen molar-refractivity contribution in [3.05, 3.63) is 148 Å². The van der Waals surface area contributed by atoms with E-state index in [0.29, 0.717) is 18.4 Å². The molecule has 2 N–H and O–H groups in total. The molecule has 3 atom stereocenters. The molecule has 1 fully saturated rings. The molecule has 0 aliphatic heterocycles. The van der Waals surface area contributed by atoms with Gasteiger partial charge >= 0.3 is 5.97 Å². The Bertz CT molecular complexity index is 1480. The number of aliphatic hydroxyl groups is 1. The third kappa shape index (κ3) is 4.27. The molecule has 6 rings (SSSR count). The van der Waals surface area contributed by atoms with Gasteiger partial charge in [0.15, 0.2) is 0 Å². The van der Waals surface area contributed by atoms with Crippen molar-refractivity contribution in [1.29, 1.82) is 0 Å². The highest BCUT2D eigenvalue weighted by Gasteiger charge is 2.54. The van der Waals surface area contributed by atoms with Crippen molar-refractivity contribution in [2.75, 3.05) is 0 Å². The fourth-order valence-electron chi connectivity index (χ4n) is 6.96. The van der Waals surface area contributed by atoms with Crippen LogP contribution in [-0.4, -0.2) is 16.2 Å². The van der Waals surface area contributed by atoms with Gasteiger partial charge in [0.05, 0.1) is 5.56 Å². The van der Waals surface area contributed by atoms with E-state index in [0.717, 1.165) is 41.5 Å². The average Bonchev–Trinajstić information content (AvgIpc) is 2.95. The lowest BCUT2D eigenvalue weighted by atomic mass is 9.50. The minimum atomic E-state index is -1.07. The first-order chi connectivity index (χ1) is 18.5. The van der Waals surface area contributed by atoms with Gasteiger partial charge in [-0.3, -0.25) is 0 Å². The van der Waals surface area contributed by atoms with Crippen molar-refractivity contribution in [2.45, 2.75) is 43.1 Å². The molecule has 4 aromatic rings. The van der Waals surface area contributed by atoms with Crippen molar-refractivity contribution < 1.29 is 15.0 Å². The van der Waals surface area contributed by atoms with Gasteiger partial charge < -0.3 is 10.2 Å². The summed E-state index contributed by atoms with van der Waals surface area (Å²) in [5.74, 6) is -0.650. The van der Waals surface area contributed by atoms with E-state index in [9.17, 15) is 15.0 Å². The van der Waals surface area contributed by atoms with Crippen molar-refractivity contribution in [3.63, 3.8) is 0 Å². The maximum atomic E-state index is 12.5. The summed E-state index contributed by atoms with van der Waals surface area (Å²) in [7, 11) is 0. The molecule has 0 spiro atoms. The van der Waals surface area contributed by atoms with Crippen LogP contribution in [0.2, 0.25) is 0 Å². The van der Waals surface area contributed by atoms with Crippen molar-refractivity contribution >= 4 is 12.0 Å². The van der Waals surface area contributed by atoms with Crippen LogP contribution in [-0.2, 0) is 23.9 Å². The smallest absolute Gasteiger partial charge is 0.335 e. The summed E-state index contributed by atoms with van der Waals surface area (Å²) in [6.45, 7) is 0. The van der Waals surface area contributed by atoms with Crippen LogP contribution in [0.4, 0.5) is 0 Å². The zero-order valence-electron chi connectivity index (χ0n) is 21.4. The first-order valence-electron chi connectivity index (χ1n) is 13.4. The molecule has 0 bridgehead atoms. The highest BCUT2D eigenvalue weighted by atomic mass is 16.4. The predicted molar refractivity (Wildman–Crippen MR) is 151 cm³/mol. The molecule has 2 aliphatic carbocycles. The molecule has 2 aliphatic rings. The minimum absolute atomic E-state index is 0.240. The van der Waals surface area contributed by atoms with Gasteiger partial charge in [-0.2, -0.15) is 0 Å². The third-order valence-corrected chi connectivity index (χ3v) is 8.77. The van der Waals surface area contributed by atoms with Gasteiger partial charge in [-0.15, -0.1) is 0 Å². The van der Waals surface area contributed by atoms with Crippen LogP contribution in [0.3, 0.4) is 0 Å². The number of hydrogen-bond acceptors (Lipinski definition) is 2. The third-order valence-electron chi connectivity index (χ3n) is 8.77. The van der Waals surface area contributed by atoms with Gasteiger partial charge in [0.1, 0.15) is 5.60 Å². The largest absolute Gasteiger partial charge is 0.478 e. The van der Waals surface area contributed by atoms with Crippen LogP contribution < -0.4 is 0 Å². The number of rotatable bonds is 5. The topological polar surface area (TPSA) is 57.5 Å². The number of carboxylic acids is 1. The van der Waals surface area contributed by atoms with E-state index in [1.165, 1.54) is 11.1 Å². The number of fused-ring (bicyclic) bond motifs is 3. The Kier molecular flexibility index (Phi) is 6.25. The van der Waals surface area contributed by atoms with E-state index in [4.69, 9.17) is 0 Å². The molecular formula is C35H32O3. The molecule has 0 heterocycles. The number of hydrogen-bond donors (Lipinski definition) is 2. The van der Waals surface area contributed by atoms with E-state index in [-0.39, 0.29) is 11.3 Å². The van der Waals surface area contributed by atoms with Gasteiger partial charge in [0.2, 0.25) is 0 Å². The molecule has 38 heavy (non-hydrogen) atoms. The summed E-state index contributed by atoms with van der Waals surface area (Å²) < 4.78 is 0. The molecule has 0 unspecified atom stereocenters. The van der Waals surface area contributed by atoms with Gasteiger partial charge in [-0.1, -0.05) is 103 Å². The average molecular weight is 501 g/mol. The van der Waals surface area contributed by atoms with Gasteiger partial charge in [0, 0.05) is 5.41 Å². The lowest BCUT2D eigenvalue weighted by Gasteiger charge is -2.55. The number of aromatic carboxylic acids is 1. The van der Waals surface area contributed by atoms with E-state index >= 15 is 0 Å². The van der Waals surface area contributed by atoms with Crippen LogP contribution in [0.1, 0.15) is 57.4 Å². The van der Waals surface area contributed by atoms with Crippen LogP contribution >= 0.6 is 0 Å². The summed E-state index contributed by atoms with van der Waals surface area (Å²) in [5, 5.41) is 22.2. The summed E-state index contributed by atoms with van der Waals surface area (Å²) in [6, 6.07) is 36.6. The summed E-state index contributed by atoms with van der Waals surface area (Å²) in [5.41, 5.74) is 5.67. The number of carboxylic acid groups (broad SMARTS) is 1. The standard InChI is InChI=1S/C35H32O3/c36-33(37)28-17-19-32-27(21-28)16-18-30-24-35(38,29-14-8-3-9-15-29)31(20-25-10-4-1-5-11-25)23-34(30,32)22-26-12-6-2-7-13-26/h1-15,17,19-21,30,38H,16,18,22-24H2,(H,36,37)/t30-,34-,35-/m1/s1. The van der Waals surface area contributed by atoms with Crippen molar-refractivity contribution in [2.24, 2.45) is 5.92 Å². The molecule has 1 saturated carbocycles. The van der Waals surface area contributed by atoms with Crippen molar-refractivity contribution in [1.82, 2.24) is 0 Å². The van der Waals surface area contributed by atoms with Crippen molar-refractivity contribution in [3.8, 4) is 0 Å². The molecule has 0 saturated heterocycles. The normalized spacial score (nSPS) is 25.4. The van der Waals surface area contributed by atoms with E-state index < -0.39 is 11.6 Å². The Morgan fingerprint density at radius 2 is 1.53 bits per heavy atom. The highest BCUT2D eigenvalue weighted by molar-refractivity contribution is 5.88. The maximum absolute atomic E-state index is 12.5. The van der Waals surface area contributed by atoms with Crippen LogP contribution in [0.5, 0.6) is 0 Å². The number of carbonyl (C=O) groups is 1. The van der Waals surface area contributed by atoms with E-state index in [2.05, 4.69) is 48.5 Å². The Morgan fingerprint density at radius 3 is 2.21 bits per heavy atom. The number of aryl methyl sites for hydroxylation is 1. The zero-order valence-corrected chi connectivity index (χ0v) is 21.4. The van der Waals surface area contributed by atoms with Crippen LogP contribution in [0.15, 0.2) is 115 Å². The lowest BCUT2D eigenvalue weighted by molar-refractivity contribution is -0.00754. The Hall–Kier alpha value is -3.95. The first kappa shape index (κ1) is 24.4. The molecule has 0 aromatic heterocycles. The monoisotopic (exact) mass is 500 g/mol. The number of benzene rings is 4. The van der Waals surface area contributed by atoms with E-state index in [1.807, 2.05) is 60.7 Å². The van der Waals surface area contributed by atoms with Crippen LogP contribution in [0.25, 0.3) is 6.08 Å². The second-order valence-electron chi connectivity index (χ2n) is 10.9. The Labute approximate surface area is 224 Å². The second kappa shape index (κ2) is 9.74.